The first-order valence-electron chi connectivity index (χ1n) is 13.9. The quantitative estimate of drug-likeness (QED) is 0.231. The molecule has 1 aliphatic rings. The van der Waals surface area contributed by atoms with Crippen molar-refractivity contribution in [3.05, 3.63) is 97.8 Å². The SMILES string of the molecule is COc1ccc(C(N)=O)c(C(C)C)c1-c1nc2c(n1C(C)C)C(c1ccc(Cl)cc1C)N(c1cc(Cl)ccc1C)C2=O. The van der Waals surface area contributed by atoms with E-state index in [-0.39, 0.29) is 17.9 Å². The van der Waals surface area contributed by atoms with Crippen LogP contribution < -0.4 is 15.4 Å². The molecule has 3 aromatic carbocycles. The predicted molar refractivity (Wildman–Crippen MR) is 168 cm³/mol. The van der Waals surface area contributed by atoms with Crippen molar-refractivity contribution in [3.8, 4) is 17.1 Å². The first kappa shape index (κ1) is 29.7. The molecular weight excluding hydrogens is 571 g/mol. The number of halogens is 2. The zero-order chi connectivity index (χ0) is 30.6. The Hall–Kier alpha value is -3.81. The molecule has 4 aromatic rings. The van der Waals surface area contributed by atoms with Gasteiger partial charge in [0.2, 0.25) is 5.91 Å². The molecule has 1 aliphatic heterocycles. The van der Waals surface area contributed by atoms with Gasteiger partial charge in [-0.1, -0.05) is 49.2 Å². The first-order chi connectivity index (χ1) is 19.9. The molecule has 1 aromatic heterocycles. The number of primary amides is 1. The third-order valence-electron chi connectivity index (χ3n) is 7.85. The highest BCUT2D eigenvalue weighted by Crippen LogP contribution is 2.49. The summed E-state index contributed by atoms with van der Waals surface area (Å²) >= 11 is 12.8. The Labute approximate surface area is 256 Å². The van der Waals surface area contributed by atoms with Crippen LogP contribution in [0.3, 0.4) is 0 Å². The Kier molecular flexibility index (Phi) is 7.86. The lowest BCUT2D eigenvalue weighted by Gasteiger charge is -2.31. The minimum absolute atomic E-state index is 0.0830. The fourth-order valence-corrected chi connectivity index (χ4v) is 6.45. The number of rotatable bonds is 7. The number of anilines is 1. The standard InChI is InChI=1S/C33H34Cl2N4O3/c1-16(2)26-23(31(36)40)12-13-25(42-7)27(26)32-37-28-30(38(32)17(3)4)29(22-11-10-20(34)14-19(22)6)39(33(28)41)24-15-21(35)9-8-18(24)5/h8-17,29H,1-7H3,(H2,36,40). The van der Waals surface area contributed by atoms with Gasteiger partial charge in [0, 0.05) is 27.3 Å². The maximum atomic E-state index is 14.5. The number of methoxy groups -OCH3 is 1. The van der Waals surface area contributed by atoms with Crippen LogP contribution in [-0.4, -0.2) is 28.5 Å². The summed E-state index contributed by atoms with van der Waals surface area (Å²) in [5.74, 6) is 0.229. The zero-order valence-electron chi connectivity index (χ0n) is 24.8. The van der Waals surface area contributed by atoms with Crippen molar-refractivity contribution in [2.45, 2.75) is 59.5 Å². The molecule has 1 atom stereocenters. The summed E-state index contributed by atoms with van der Waals surface area (Å²) in [5.41, 5.74) is 12.1. The van der Waals surface area contributed by atoms with E-state index >= 15 is 0 Å². The highest BCUT2D eigenvalue weighted by atomic mass is 35.5. The average molecular weight is 606 g/mol. The van der Waals surface area contributed by atoms with E-state index in [0.29, 0.717) is 44.1 Å². The molecule has 0 saturated heterocycles. The van der Waals surface area contributed by atoms with Crippen LogP contribution in [0.15, 0.2) is 48.5 Å². The third-order valence-corrected chi connectivity index (χ3v) is 8.32. The van der Waals surface area contributed by atoms with E-state index in [1.54, 1.807) is 24.1 Å². The summed E-state index contributed by atoms with van der Waals surface area (Å²) in [7, 11) is 1.58. The van der Waals surface area contributed by atoms with Gasteiger partial charge in [-0.25, -0.2) is 4.98 Å². The molecule has 2 heterocycles. The average Bonchev–Trinajstić information content (AvgIpc) is 3.44. The highest BCUT2D eigenvalue weighted by Gasteiger charge is 2.46. The second-order valence-electron chi connectivity index (χ2n) is 11.3. The second-order valence-corrected chi connectivity index (χ2v) is 12.1. The van der Waals surface area contributed by atoms with Crippen LogP contribution in [0.25, 0.3) is 11.4 Å². The molecule has 2 N–H and O–H groups in total. The van der Waals surface area contributed by atoms with Crippen molar-refractivity contribution in [1.82, 2.24) is 9.55 Å². The maximum absolute atomic E-state index is 14.5. The van der Waals surface area contributed by atoms with Crippen LogP contribution in [0.4, 0.5) is 5.69 Å². The molecule has 9 heteroatoms. The van der Waals surface area contributed by atoms with Crippen LogP contribution in [0.1, 0.15) is 94.5 Å². The summed E-state index contributed by atoms with van der Waals surface area (Å²) in [6, 6.07) is 14.0. The Balaban J connectivity index is 1.89. The molecular formula is C33H34Cl2N4O3. The highest BCUT2D eigenvalue weighted by molar-refractivity contribution is 6.31. The Morgan fingerprint density at radius 3 is 2.24 bits per heavy atom. The fraction of sp³-hybridized carbons (Fsp3) is 0.303. The number of carbonyl (C=O) groups is 2. The summed E-state index contributed by atoms with van der Waals surface area (Å²) in [5, 5.41) is 1.14. The largest absolute Gasteiger partial charge is 0.496 e. The second kappa shape index (κ2) is 11.1. The molecule has 1 unspecified atom stereocenters. The van der Waals surface area contributed by atoms with E-state index in [9.17, 15) is 9.59 Å². The van der Waals surface area contributed by atoms with Gasteiger partial charge < -0.3 is 15.0 Å². The molecule has 0 bridgehead atoms. The van der Waals surface area contributed by atoms with Gasteiger partial charge in [0.05, 0.1) is 18.4 Å². The predicted octanol–water partition coefficient (Wildman–Crippen LogP) is 8.04. The number of nitrogens with two attached hydrogens (primary N) is 1. The fourth-order valence-electron chi connectivity index (χ4n) is 6.05. The number of carbonyl (C=O) groups excluding carboxylic acids is 2. The van der Waals surface area contributed by atoms with Gasteiger partial charge in [0.25, 0.3) is 5.91 Å². The molecule has 0 saturated carbocycles. The molecule has 0 aliphatic carbocycles. The number of benzene rings is 3. The molecule has 0 spiro atoms. The van der Waals surface area contributed by atoms with Crippen LogP contribution in [0.5, 0.6) is 5.75 Å². The molecule has 2 amide bonds. The first-order valence-corrected chi connectivity index (χ1v) is 14.6. The van der Waals surface area contributed by atoms with Crippen molar-refractivity contribution in [1.29, 1.82) is 0 Å². The summed E-state index contributed by atoms with van der Waals surface area (Å²) in [6.45, 7) is 12.0. The van der Waals surface area contributed by atoms with Gasteiger partial charge in [-0.3, -0.25) is 14.5 Å². The van der Waals surface area contributed by atoms with Gasteiger partial charge in [-0.2, -0.15) is 0 Å². The zero-order valence-corrected chi connectivity index (χ0v) is 26.3. The van der Waals surface area contributed by atoms with Gasteiger partial charge in [0.15, 0.2) is 5.69 Å². The van der Waals surface area contributed by atoms with Crippen molar-refractivity contribution < 1.29 is 14.3 Å². The van der Waals surface area contributed by atoms with Crippen LogP contribution in [-0.2, 0) is 0 Å². The van der Waals surface area contributed by atoms with E-state index < -0.39 is 11.9 Å². The van der Waals surface area contributed by atoms with Gasteiger partial charge >= 0.3 is 0 Å². The van der Waals surface area contributed by atoms with E-state index in [0.717, 1.165) is 27.9 Å². The van der Waals surface area contributed by atoms with Crippen molar-refractivity contribution >= 4 is 40.7 Å². The van der Waals surface area contributed by atoms with Crippen LogP contribution in [0, 0.1) is 13.8 Å². The number of ether oxygens (including phenoxy) is 1. The third kappa shape index (κ3) is 4.74. The van der Waals surface area contributed by atoms with Gasteiger partial charge in [-0.15, -0.1) is 0 Å². The summed E-state index contributed by atoms with van der Waals surface area (Å²) in [4.78, 5) is 33.8. The Morgan fingerprint density at radius 1 is 0.976 bits per heavy atom. The summed E-state index contributed by atoms with van der Waals surface area (Å²) in [6.07, 6.45) is 0. The number of aromatic nitrogens is 2. The minimum Gasteiger partial charge on any atom is -0.496 e. The van der Waals surface area contributed by atoms with Crippen LogP contribution in [0.2, 0.25) is 10.0 Å². The molecule has 0 fully saturated rings. The number of imidazole rings is 1. The van der Waals surface area contributed by atoms with Crippen molar-refractivity contribution in [2.75, 3.05) is 12.0 Å². The Morgan fingerprint density at radius 2 is 1.64 bits per heavy atom. The lowest BCUT2D eigenvalue weighted by atomic mass is 9.90. The van der Waals surface area contributed by atoms with E-state index in [4.69, 9.17) is 38.7 Å². The lowest BCUT2D eigenvalue weighted by molar-refractivity contribution is 0.0984. The lowest BCUT2D eigenvalue weighted by Crippen LogP contribution is -2.31. The number of hydrogen-bond donors (Lipinski definition) is 1. The van der Waals surface area contributed by atoms with E-state index in [2.05, 4.69) is 18.4 Å². The molecule has 0 radical (unpaired) electrons. The maximum Gasteiger partial charge on any atom is 0.279 e. The Bertz CT molecular complexity index is 1740. The topological polar surface area (TPSA) is 90.5 Å². The van der Waals surface area contributed by atoms with Gasteiger partial charge in [-0.05, 0) is 92.3 Å². The number of aryl methyl sites for hydroxylation is 2. The smallest absolute Gasteiger partial charge is 0.279 e. The van der Waals surface area contributed by atoms with E-state index in [1.165, 1.54) is 0 Å². The normalized spacial score (nSPS) is 14.7. The molecule has 218 valence electrons. The molecule has 7 nitrogen and oxygen atoms in total. The van der Waals surface area contributed by atoms with Crippen molar-refractivity contribution in [2.24, 2.45) is 5.73 Å². The van der Waals surface area contributed by atoms with Crippen molar-refractivity contribution in [3.63, 3.8) is 0 Å². The number of hydrogen-bond acceptors (Lipinski definition) is 4. The number of amides is 2. The van der Waals surface area contributed by atoms with Crippen LogP contribution >= 0.6 is 23.2 Å². The van der Waals surface area contributed by atoms with Gasteiger partial charge in [0.1, 0.15) is 17.6 Å². The summed E-state index contributed by atoms with van der Waals surface area (Å²) < 4.78 is 7.90. The van der Waals surface area contributed by atoms with E-state index in [1.807, 2.05) is 64.1 Å². The monoisotopic (exact) mass is 604 g/mol. The molecule has 5 rings (SSSR count). The minimum atomic E-state index is -0.536. The number of nitrogens with zero attached hydrogens (tertiary/aromatic N) is 3. The molecule has 42 heavy (non-hydrogen) atoms. The number of fused-ring (bicyclic) bond motifs is 1.